The predicted octanol–water partition coefficient (Wildman–Crippen LogP) is 12.7. The van der Waals surface area contributed by atoms with Crippen LogP contribution in [0.4, 0.5) is 17.1 Å². The van der Waals surface area contributed by atoms with Crippen molar-refractivity contribution < 1.29 is 14.0 Å². The van der Waals surface area contributed by atoms with Gasteiger partial charge in [-0.2, -0.15) is 0 Å². The van der Waals surface area contributed by atoms with E-state index in [9.17, 15) is 1.37 Å². The van der Waals surface area contributed by atoms with Gasteiger partial charge in [0.05, 0.1) is 15.3 Å². The van der Waals surface area contributed by atoms with Crippen LogP contribution in [-0.2, 0) is 0 Å². The number of hydrogen-bond donors (Lipinski definition) is 0. The Morgan fingerprint density at radius 1 is 0.478 bits per heavy atom. The fourth-order valence-electron chi connectivity index (χ4n) is 6.41. The number of benzene rings is 8. The molecule has 0 spiro atoms. The molecule has 0 amide bonds. The van der Waals surface area contributed by atoms with Crippen LogP contribution in [0.15, 0.2) is 180 Å². The van der Waals surface area contributed by atoms with Crippen molar-refractivity contribution in [2.45, 2.75) is 0 Å². The van der Waals surface area contributed by atoms with Gasteiger partial charge < -0.3 is 9.32 Å². The summed E-state index contributed by atoms with van der Waals surface area (Å²) < 4.78 is 68.0. The molecule has 0 N–H and O–H groups in total. The van der Waals surface area contributed by atoms with E-state index in [1.807, 2.05) is 109 Å². The summed E-state index contributed by atoms with van der Waals surface area (Å²) >= 11 is 0. The molecule has 1 aromatic heterocycles. The predicted molar refractivity (Wildman–Crippen MR) is 194 cm³/mol. The first kappa shape index (κ1) is 20.0. The van der Waals surface area contributed by atoms with Crippen molar-refractivity contribution in [3.63, 3.8) is 0 Å². The van der Waals surface area contributed by atoms with Crippen LogP contribution in [-0.4, -0.2) is 0 Å². The topological polar surface area (TPSA) is 16.4 Å². The summed E-state index contributed by atoms with van der Waals surface area (Å²) in [6, 6.07) is 40.8. The fraction of sp³-hybridized carbons (Fsp3) is 0. The van der Waals surface area contributed by atoms with Crippen LogP contribution < -0.4 is 4.90 Å². The normalized spacial score (nSPS) is 13.6. The summed E-state index contributed by atoms with van der Waals surface area (Å²) in [6.45, 7) is 0. The molecule has 0 atom stereocenters. The quantitative estimate of drug-likeness (QED) is 0.197. The molecule has 1 heterocycles. The first-order valence-electron chi connectivity index (χ1n) is 18.6. The van der Waals surface area contributed by atoms with Crippen molar-refractivity contribution >= 4 is 60.5 Å². The Bertz CT molecular complexity index is 2910. The number of nitrogens with zero attached hydrogens (tertiary/aromatic N) is 1. The van der Waals surface area contributed by atoms with Gasteiger partial charge in [0, 0.05) is 32.9 Å². The molecule has 0 unspecified atom stereocenters. The average Bonchev–Trinajstić information content (AvgIpc) is 3.59. The minimum Gasteiger partial charge on any atom is -0.455 e. The van der Waals surface area contributed by atoms with Crippen LogP contribution in [0.2, 0.25) is 0 Å². The van der Waals surface area contributed by atoms with E-state index in [1.54, 1.807) is 4.90 Å². The molecule has 0 saturated carbocycles. The fourth-order valence-corrected chi connectivity index (χ4v) is 6.41. The third-order valence-electron chi connectivity index (χ3n) is 8.55. The monoisotopic (exact) mass is 594 g/mol. The molecule has 0 fully saturated rings. The van der Waals surface area contributed by atoms with Gasteiger partial charge in [-0.05, 0) is 75.5 Å². The van der Waals surface area contributed by atoms with E-state index < -0.39 is 30.2 Å². The molecule has 0 aliphatic rings. The maximum absolute atomic E-state index is 9.26. The SMILES string of the molecule is [2H]c1c([2H])c([2H])c2c(N(c3ccc(-c4ccccc4)cc3)c3cccc(-c4cccc5oc6c7ccccc7ccc6c45)c3)c([2H])c([2H])c([2H])c2c1[2H]. The molecule has 2 nitrogen and oxygen atoms in total. The van der Waals surface area contributed by atoms with E-state index in [2.05, 4.69) is 24.3 Å². The van der Waals surface area contributed by atoms with Crippen LogP contribution in [0.3, 0.4) is 0 Å². The lowest BCUT2D eigenvalue weighted by atomic mass is 9.97. The van der Waals surface area contributed by atoms with Crippen molar-refractivity contribution in [3.05, 3.63) is 176 Å². The van der Waals surface area contributed by atoms with Gasteiger partial charge in [-0.1, -0.05) is 133 Å². The summed E-state index contributed by atoms with van der Waals surface area (Å²) in [5, 5.41) is 3.95. The van der Waals surface area contributed by atoms with Crippen LogP contribution in [0.25, 0.3) is 65.7 Å². The average molecular weight is 595 g/mol. The summed E-state index contributed by atoms with van der Waals surface area (Å²) in [4.78, 5) is 1.77. The van der Waals surface area contributed by atoms with Gasteiger partial charge in [0.2, 0.25) is 0 Å². The van der Waals surface area contributed by atoms with Crippen molar-refractivity contribution in [1.82, 2.24) is 0 Å². The molecule has 0 aliphatic carbocycles. The molecule has 0 bridgehead atoms. The molecule has 0 aliphatic heterocycles. The summed E-state index contributed by atoms with van der Waals surface area (Å²) in [5.74, 6) is 0. The van der Waals surface area contributed by atoms with Crippen molar-refractivity contribution in [2.24, 2.45) is 0 Å². The molecule has 9 rings (SSSR count). The Hall–Kier alpha value is -6.12. The van der Waals surface area contributed by atoms with Gasteiger partial charge >= 0.3 is 0 Å². The third-order valence-corrected chi connectivity index (χ3v) is 8.55. The van der Waals surface area contributed by atoms with Gasteiger partial charge in [0.15, 0.2) is 0 Å². The Morgan fingerprint density at radius 3 is 2.15 bits per heavy atom. The third kappa shape index (κ3) is 4.35. The second-order valence-corrected chi connectivity index (χ2v) is 11.2. The zero-order chi connectivity index (χ0) is 36.5. The Balaban J connectivity index is 1.32. The minimum atomic E-state index is -0.493. The van der Waals surface area contributed by atoms with Gasteiger partial charge in [0.1, 0.15) is 11.2 Å². The van der Waals surface area contributed by atoms with E-state index in [0.717, 1.165) is 55.0 Å². The van der Waals surface area contributed by atoms with Crippen molar-refractivity contribution in [1.29, 1.82) is 0 Å². The van der Waals surface area contributed by atoms with Crippen molar-refractivity contribution in [3.8, 4) is 22.3 Å². The van der Waals surface area contributed by atoms with E-state index in [-0.39, 0.29) is 28.5 Å². The van der Waals surface area contributed by atoms with Crippen LogP contribution in [0, 0.1) is 0 Å². The van der Waals surface area contributed by atoms with Gasteiger partial charge in [0.25, 0.3) is 0 Å². The van der Waals surface area contributed by atoms with E-state index in [1.165, 1.54) is 0 Å². The molecule has 0 saturated heterocycles. The van der Waals surface area contributed by atoms with Gasteiger partial charge in [-0.15, -0.1) is 0 Å². The molecule has 46 heavy (non-hydrogen) atoms. The Labute approximate surface area is 277 Å². The maximum Gasteiger partial charge on any atom is 0.143 e. The summed E-state index contributed by atoms with van der Waals surface area (Å²) in [5.41, 5.74) is 6.63. The number of rotatable bonds is 5. The van der Waals surface area contributed by atoms with E-state index in [4.69, 9.17) is 12.6 Å². The lowest BCUT2D eigenvalue weighted by Gasteiger charge is -2.27. The smallest absolute Gasteiger partial charge is 0.143 e. The number of furan rings is 1. The standard InChI is InChI=1S/C44H29NO/c1-2-11-30(12-3-1)31-23-26-35(27-24-31)45(41-21-9-15-32-13-4-6-18-37(32)41)36-17-8-16-34(29-36)38-20-10-22-42-43(38)40-28-25-33-14-5-7-19-39(33)44(40)46-42/h1-29H/i4D,6D,9D,13D,15D,18D,21D. The highest BCUT2D eigenvalue weighted by molar-refractivity contribution is 6.19. The second-order valence-electron chi connectivity index (χ2n) is 11.2. The Kier molecular flexibility index (Phi) is 4.70. The number of hydrogen-bond acceptors (Lipinski definition) is 2. The summed E-state index contributed by atoms with van der Waals surface area (Å²) in [6.07, 6.45) is 0. The van der Waals surface area contributed by atoms with Crippen molar-refractivity contribution in [2.75, 3.05) is 4.90 Å². The van der Waals surface area contributed by atoms with Gasteiger partial charge in [-0.3, -0.25) is 0 Å². The molecular formula is C44H29NO. The van der Waals surface area contributed by atoms with Crippen LogP contribution in [0.5, 0.6) is 0 Å². The molecular weight excluding hydrogens is 558 g/mol. The molecule has 8 aromatic carbocycles. The highest BCUT2D eigenvalue weighted by atomic mass is 16.3. The lowest BCUT2D eigenvalue weighted by Crippen LogP contribution is -2.10. The first-order chi connectivity index (χ1) is 25.7. The molecule has 216 valence electrons. The van der Waals surface area contributed by atoms with Crippen LogP contribution in [0.1, 0.15) is 9.60 Å². The summed E-state index contributed by atoms with van der Waals surface area (Å²) in [7, 11) is 0. The number of fused-ring (bicyclic) bond motifs is 6. The molecule has 2 heteroatoms. The lowest BCUT2D eigenvalue weighted by molar-refractivity contribution is 0.673. The largest absolute Gasteiger partial charge is 0.455 e. The zero-order valence-corrected chi connectivity index (χ0v) is 24.6. The van der Waals surface area contributed by atoms with Crippen LogP contribution >= 0.6 is 0 Å². The zero-order valence-electron chi connectivity index (χ0n) is 31.6. The first-order valence-corrected chi connectivity index (χ1v) is 15.1. The highest BCUT2D eigenvalue weighted by Crippen LogP contribution is 2.43. The Morgan fingerprint density at radius 2 is 1.24 bits per heavy atom. The molecule has 0 radical (unpaired) electrons. The van der Waals surface area contributed by atoms with E-state index in [0.29, 0.717) is 11.4 Å². The molecule has 9 aromatic rings. The maximum atomic E-state index is 9.26. The number of anilines is 3. The van der Waals surface area contributed by atoms with E-state index >= 15 is 0 Å². The second kappa shape index (κ2) is 10.8. The minimum absolute atomic E-state index is 0.00865. The highest BCUT2D eigenvalue weighted by Gasteiger charge is 2.18. The van der Waals surface area contributed by atoms with Gasteiger partial charge in [-0.25, -0.2) is 0 Å².